The summed E-state index contributed by atoms with van der Waals surface area (Å²) in [6, 6.07) is 5.38. The van der Waals surface area contributed by atoms with E-state index in [4.69, 9.17) is 21.9 Å². The molecule has 2 aliphatic rings. The number of anilines is 1. The Kier molecular flexibility index (Phi) is 7.37. The van der Waals surface area contributed by atoms with Gasteiger partial charge in [-0.25, -0.2) is 4.98 Å². The van der Waals surface area contributed by atoms with Crippen LogP contribution in [0.2, 0.25) is 0 Å². The maximum absolute atomic E-state index is 13.5. The van der Waals surface area contributed by atoms with Crippen LogP contribution in [0.4, 0.5) is 5.82 Å². The molecule has 8 nitrogen and oxygen atoms in total. The molecule has 2 saturated heterocycles. The fourth-order valence-electron chi connectivity index (χ4n) is 4.20. The molecule has 0 atom stereocenters. The molecule has 0 saturated carbocycles. The van der Waals surface area contributed by atoms with Gasteiger partial charge in [0.15, 0.2) is 0 Å². The maximum atomic E-state index is 13.5. The van der Waals surface area contributed by atoms with Crippen LogP contribution in [0.5, 0.6) is 0 Å². The zero-order valence-electron chi connectivity index (χ0n) is 19.5. The summed E-state index contributed by atoms with van der Waals surface area (Å²) >= 11 is 6.64. The number of hydrogen-bond donors (Lipinski definition) is 0. The zero-order valence-corrected chi connectivity index (χ0v) is 21.2. The number of pyridine rings is 1. The number of aromatic nitrogens is 2. The van der Waals surface area contributed by atoms with Gasteiger partial charge in [-0.05, 0) is 43.9 Å². The first-order valence-electron chi connectivity index (χ1n) is 11.5. The Labute approximate surface area is 208 Å². The summed E-state index contributed by atoms with van der Waals surface area (Å²) in [5.41, 5.74) is 0.630. The number of rotatable bonds is 6. The molecular formula is C24H28N4O4S2. The van der Waals surface area contributed by atoms with Gasteiger partial charge in [0.2, 0.25) is 0 Å². The first-order chi connectivity index (χ1) is 16.3. The van der Waals surface area contributed by atoms with Crippen LogP contribution in [-0.4, -0.2) is 56.7 Å². The van der Waals surface area contributed by atoms with Crippen LogP contribution in [0.15, 0.2) is 34.1 Å². The van der Waals surface area contributed by atoms with Gasteiger partial charge in [0.1, 0.15) is 15.8 Å². The second kappa shape index (κ2) is 10.3. The average molecular weight is 501 g/mol. The lowest BCUT2D eigenvalue weighted by Gasteiger charge is -2.32. The largest absolute Gasteiger partial charge is 0.466 e. The Morgan fingerprint density at radius 2 is 2.03 bits per heavy atom. The van der Waals surface area contributed by atoms with E-state index in [9.17, 15) is 14.4 Å². The van der Waals surface area contributed by atoms with Crippen molar-refractivity contribution < 1.29 is 14.3 Å². The molecule has 0 aliphatic carbocycles. The van der Waals surface area contributed by atoms with Crippen LogP contribution in [0.1, 0.15) is 39.2 Å². The SMILES string of the molecule is CCOC(=O)C1CCN(c2nc3ccccn3c(=O)c2/C=C2\SC(=S)N(CC(C)C)C2=O)CC1. The number of ether oxygens (including phenoxy) is 1. The minimum atomic E-state index is -0.248. The van der Waals surface area contributed by atoms with Gasteiger partial charge in [0.05, 0.1) is 23.0 Å². The molecule has 34 heavy (non-hydrogen) atoms. The number of nitrogens with zero attached hydrogens (tertiary/aromatic N) is 4. The fourth-order valence-corrected chi connectivity index (χ4v) is 5.46. The van der Waals surface area contributed by atoms with Crippen molar-refractivity contribution in [3.8, 4) is 0 Å². The fraction of sp³-hybridized carbons (Fsp3) is 0.458. The molecule has 0 radical (unpaired) electrons. The maximum Gasteiger partial charge on any atom is 0.309 e. The molecule has 2 aromatic heterocycles. The highest BCUT2D eigenvalue weighted by Crippen LogP contribution is 2.34. The molecule has 10 heteroatoms. The van der Waals surface area contributed by atoms with E-state index < -0.39 is 0 Å². The van der Waals surface area contributed by atoms with Crippen LogP contribution < -0.4 is 10.5 Å². The summed E-state index contributed by atoms with van der Waals surface area (Å²) < 4.78 is 7.16. The molecule has 2 fully saturated rings. The number of thioether (sulfide) groups is 1. The number of carbonyl (C=O) groups excluding carboxylic acids is 2. The number of piperidine rings is 1. The number of fused-ring (bicyclic) bond motifs is 1. The van der Waals surface area contributed by atoms with E-state index in [2.05, 4.69) is 0 Å². The summed E-state index contributed by atoms with van der Waals surface area (Å²) in [6.45, 7) is 7.88. The molecule has 0 bridgehead atoms. The molecule has 0 N–H and O–H groups in total. The summed E-state index contributed by atoms with van der Waals surface area (Å²) in [7, 11) is 0. The van der Waals surface area contributed by atoms with Gasteiger partial charge in [-0.2, -0.15) is 0 Å². The summed E-state index contributed by atoms with van der Waals surface area (Å²) in [4.78, 5) is 47.5. The molecule has 4 heterocycles. The predicted molar refractivity (Wildman–Crippen MR) is 138 cm³/mol. The molecule has 0 unspecified atom stereocenters. The highest BCUT2D eigenvalue weighted by atomic mass is 32.2. The topological polar surface area (TPSA) is 84.2 Å². The lowest BCUT2D eigenvalue weighted by molar-refractivity contribution is -0.148. The quantitative estimate of drug-likeness (QED) is 0.339. The third-order valence-electron chi connectivity index (χ3n) is 5.86. The smallest absolute Gasteiger partial charge is 0.309 e. The Morgan fingerprint density at radius 1 is 1.29 bits per heavy atom. The van der Waals surface area contributed by atoms with Crippen molar-refractivity contribution >= 4 is 57.7 Å². The van der Waals surface area contributed by atoms with Crippen molar-refractivity contribution in [3.05, 3.63) is 45.2 Å². The predicted octanol–water partition coefficient (Wildman–Crippen LogP) is 3.33. The summed E-state index contributed by atoms with van der Waals surface area (Å²) in [5.74, 6) is 0.267. The van der Waals surface area contributed by atoms with Gasteiger partial charge >= 0.3 is 5.97 Å². The Morgan fingerprint density at radius 3 is 2.71 bits per heavy atom. The van der Waals surface area contributed by atoms with Crippen molar-refractivity contribution in [1.82, 2.24) is 14.3 Å². The first kappa shape index (κ1) is 24.4. The molecule has 4 rings (SSSR count). The third-order valence-corrected chi connectivity index (χ3v) is 7.24. The van der Waals surface area contributed by atoms with E-state index in [1.54, 1.807) is 36.2 Å². The number of carbonyl (C=O) groups is 2. The Bertz CT molecular complexity index is 1220. The Balaban J connectivity index is 1.72. The Hall–Kier alpha value is -2.72. The van der Waals surface area contributed by atoms with Crippen LogP contribution in [0.25, 0.3) is 11.7 Å². The molecule has 2 aliphatic heterocycles. The third kappa shape index (κ3) is 4.88. The van der Waals surface area contributed by atoms with Crippen molar-refractivity contribution in [1.29, 1.82) is 0 Å². The van der Waals surface area contributed by atoms with Gasteiger partial charge in [0, 0.05) is 25.8 Å². The van der Waals surface area contributed by atoms with Crippen LogP contribution in [0.3, 0.4) is 0 Å². The lowest BCUT2D eigenvalue weighted by Crippen LogP contribution is -2.39. The second-order valence-electron chi connectivity index (χ2n) is 8.78. The highest BCUT2D eigenvalue weighted by Gasteiger charge is 2.34. The van der Waals surface area contributed by atoms with Gasteiger partial charge < -0.3 is 9.64 Å². The lowest BCUT2D eigenvalue weighted by atomic mass is 9.96. The van der Waals surface area contributed by atoms with Crippen LogP contribution >= 0.6 is 24.0 Å². The number of hydrogen-bond acceptors (Lipinski definition) is 8. The van der Waals surface area contributed by atoms with E-state index in [0.717, 1.165) is 0 Å². The minimum absolute atomic E-state index is 0.159. The van der Waals surface area contributed by atoms with Crippen molar-refractivity contribution in [2.24, 2.45) is 11.8 Å². The number of thiocarbonyl (C=S) groups is 1. The molecule has 0 spiro atoms. The summed E-state index contributed by atoms with van der Waals surface area (Å²) in [5, 5.41) is 0. The normalized spacial score (nSPS) is 18.5. The van der Waals surface area contributed by atoms with Gasteiger partial charge in [-0.15, -0.1) is 0 Å². The molecule has 2 aromatic rings. The van der Waals surface area contributed by atoms with Crippen molar-refractivity contribution in [2.75, 3.05) is 31.1 Å². The molecule has 0 aromatic carbocycles. The molecule has 180 valence electrons. The monoisotopic (exact) mass is 500 g/mol. The van der Waals surface area contributed by atoms with Gasteiger partial charge in [0.25, 0.3) is 11.5 Å². The van der Waals surface area contributed by atoms with E-state index >= 15 is 0 Å². The average Bonchev–Trinajstić information content (AvgIpc) is 3.08. The second-order valence-corrected chi connectivity index (χ2v) is 10.5. The number of amides is 1. The van der Waals surface area contributed by atoms with E-state index in [1.165, 1.54) is 16.2 Å². The highest BCUT2D eigenvalue weighted by molar-refractivity contribution is 8.26. The van der Waals surface area contributed by atoms with Gasteiger partial charge in [-0.1, -0.05) is 43.9 Å². The summed E-state index contributed by atoms with van der Waals surface area (Å²) in [6.07, 6.45) is 4.53. The van der Waals surface area contributed by atoms with Crippen molar-refractivity contribution in [2.45, 2.75) is 33.6 Å². The number of esters is 1. The van der Waals surface area contributed by atoms with Crippen molar-refractivity contribution in [3.63, 3.8) is 0 Å². The zero-order chi connectivity index (χ0) is 24.4. The van der Waals surface area contributed by atoms with E-state index in [-0.39, 0.29) is 29.3 Å². The van der Waals surface area contributed by atoms with E-state index in [0.29, 0.717) is 65.3 Å². The first-order valence-corrected chi connectivity index (χ1v) is 12.7. The van der Waals surface area contributed by atoms with Gasteiger partial charge in [-0.3, -0.25) is 23.7 Å². The van der Waals surface area contributed by atoms with Crippen LogP contribution in [-0.2, 0) is 14.3 Å². The minimum Gasteiger partial charge on any atom is -0.466 e. The standard InChI is InChI=1S/C24H28N4O4S2/c1-4-32-23(31)16-8-11-26(12-9-16)20-17(21(29)27-10-6-5-7-19(27)25-20)13-18-22(30)28(14-15(2)3)24(33)34-18/h5-7,10,13,15-16H,4,8-9,11-12,14H2,1-3H3/b18-13-. The van der Waals surface area contributed by atoms with Crippen LogP contribution in [0, 0.1) is 11.8 Å². The van der Waals surface area contributed by atoms with E-state index in [1.807, 2.05) is 24.8 Å². The molecule has 1 amide bonds. The molecular weight excluding hydrogens is 472 g/mol.